The number of anilines is 1. The van der Waals surface area contributed by atoms with Crippen molar-refractivity contribution in [2.24, 2.45) is 0 Å². The van der Waals surface area contributed by atoms with Gasteiger partial charge in [0.1, 0.15) is 0 Å². The average Bonchev–Trinajstić information content (AvgIpc) is 2.87. The summed E-state index contributed by atoms with van der Waals surface area (Å²) in [7, 11) is 3.97. The molecule has 22 heavy (non-hydrogen) atoms. The largest absolute Gasteiger partial charge is 0.476 e. The molecule has 112 valence electrons. The molecule has 0 saturated heterocycles. The number of aromatic carboxylic acids is 1. The fourth-order valence-electron chi connectivity index (χ4n) is 2.35. The van der Waals surface area contributed by atoms with Crippen LogP contribution in [-0.2, 0) is 6.54 Å². The van der Waals surface area contributed by atoms with Crippen LogP contribution in [0, 0.1) is 0 Å². The summed E-state index contributed by atoms with van der Waals surface area (Å²) >= 11 is 0. The first-order chi connectivity index (χ1) is 10.6. The van der Waals surface area contributed by atoms with E-state index in [2.05, 4.69) is 10.1 Å². The van der Waals surface area contributed by atoms with E-state index in [0.717, 1.165) is 11.3 Å². The minimum atomic E-state index is -1.04. The number of aromatic nitrogens is 3. The predicted molar refractivity (Wildman–Crippen MR) is 84.4 cm³/mol. The van der Waals surface area contributed by atoms with Crippen LogP contribution in [0.3, 0.4) is 0 Å². The molecule has 0 radical (unpaired) electrons. The standard InChI is InChI=1S/C16H16N4O2/c1-19(2)12-7-5-11(6-8-12)10-20-15-13(4-3-9-17-15)14(18-20)16(21)22/h3-9H,10H2,1-2H3,(H,21,22). The van der Waals surface area contributed by atoms with E-state index >= 15 is 0 Å². The van der Waals surface area contributed by atoms with Gasteiger partial charge in [-0.1, -0.05) is 12.1 Å². The first-order valence-electron chi connectivity index (χ1n) is 6.87. The minimum Gasteiger partial charge on any atom is -0.476 e. The summed E-state index contributed by atoms with van der Waals surface area (Å²) < 4.78 is 1.63. The molecule has 0 spiro atoms. The molecule has 0 unspecified atom stereocenters. The smallest absolute Gasteiger partial charge is 0.357 e. The van der Waals surface area contributed by atoms with Gasteiger partial charge in [0, 0.05) is 26.0 Å². The van der Waals surface area contributed by atoms with Crippen LogP contribution in [0.1, 0.15) is 16.1 Å². The van der Waals surface area contributed by atoms with Gasteiger partial charge in [0.05, 0.1) is 11.9 Å². The van der Waals surface area contributed by atoms with E-state index in [1.807, 2.05) is 43.3 Å². The Morgan fingerprint density at radius 3 is 2.59 bits per heavy atom. The molecule has 0 aliphatic rings. The summed E-state index contributed by atoms with van der Waals surface area (Å²) in [5.74, 6) is -1.04. The zero-order chi connectivity index (χ0) is 15.7. The Labute approximate surface area is 127 Å². The number of nitrogens with zero attached hydrogens (tertiary/aromatic N) is 4. The number of rotatable bonds is 4. The van der Waals surface area contributed by atoms with E-state index in [1.54, 1.807) is 23.0 Å². The van der Waals surface area contributed by atoms with Gasteiger partial charge in [-0.2, -0.15) is 5.10 Å². The monoisotopic (exact) mass is 296 g/mol. The van der Waals surface area contributed by atoms with Crippen molar-refractivity contribution < 1.29 is 9.90 Å². The molecule has 0 aliphatic carbocycles. The maximum absolute atomic E-state index is 11.3. The van der Waals surface area contributed by atoms with Crippen LogP contribution >= 0.6 is 0 Å². The second kappa shape index (κ2) is 5.48. The van der Waals surface area contributed by atoms with Gasteiger partial charge in [-0.25, -0.2) is 14.5 Å². The Morgan fingerprint density at radius 2 is 1.95 bits per heavy atom. The maximum Gasteiger partial charge on any atom is 0.357 e. The first kappa shape index (κ1) is 14.1. The average molecular weight is 296 g/mol. The van der Waals surface area contributed by atoms with Crippen molar-refractivity contribution in [2.75, 3.05) is 19.0 Å². The number of benzene rings is 1. The highest BCUT2D eigenvalue weighted by atomic mass is 16.4. The van der Waals surface area contributed by atoms with E-state index in [4.69, 9.17) is 0 Å². The van der Waals surface area contributed by atoms with Crippen molar-refractivity contribution in [3.63, 3.8) is 0 Å². The molecule has 0 bridgehead atoms. The van der Waals surface area contributed by atoms with Crippen LogP contribution in [0.2, 0.25) is 0 Å². The van der Waals surface area contributed by atoms with Gasteiger partial charge in [-0.05, 0) is 29.8 Å². The lowest BCUT2D eigenvalue weighted by molar-refractivity contribution is 0.0691. The van der Waals surface area contributed by atoms with Gasteiger partial charge in [0.15, 0.2) is 11.3 Å². The Morgan fingerprint density at radius 1 is 1.23 bits per heavy atom. The molecule has 0 aliphatic heterocycles. The highest BCUT2D eigenvalue weighted by Crippen LogP contribution is 2.18. The SMILES string of the molecule is CN(C)c1ccc(Cn2nc(C(=O)O)c3cccnc32)cc1. The molecule has 1 aromatic carbocycles. The fraction of sp³-hybridized carbons (Fsp3) is 0.188. The van der Waals surface area contributed by atoms with Crippen molar-refractivity contribution >= 4 is 22.7 Å². The molecule has 2 aromatic heterocycles. The number of carboxylic acids is 1. The van der Waals surface area contributed by atoms with Crippen LogP contribution < -0.4 is 4.90 Å². The molecule has 0 amide bonds. The second-order valence-electron chi connectivity index (χ2n) is 5.25. The summed E-state index contributed by atoms with van der Waals surface area (Å²) in [5, 5.41) is 14.0. The van der Waals surface area contributed by atoms with E-state index in [0.29, 0.717) is 17.6 Å². The summed E-state index contributed by atoms with van der Waals surface area (Å²) in [6.45, 7) is 0.481. The molecular weight excluding hydrogens is 280 g/mol. The zero-order valence-corrected chi connectivity index (χ0v) is 12.4. The Balaban J connectivity index is 1.98. The van der Waals surface area contributed by atoms with Gasteiger partial charge >= 0.3 is 5.97 Å². The highest BCUT2D eigenvalue weighted by Gasteiger charge is 2.16. The van der Waals surface area contributed by atoms with Crippen molar-refractivity contribution in [3.05, 3.63) is 53.9 Å². The van der Waals surface area contributed by atoms with Gasteiger partial charge in [0.2, 0.25) is 0 Å². The molecule has 2 heterocycles. The third-order valence-electron chi connectivity index (χ3n) is 3.49. The number of pyridine rings is 1. The first-order valence-corrected chi connectivity index (χ1v) is 6.87. The molecule has 6 nitrogen and oxygen atoms in total. The topological polar surface area (TPSA) is 71.2 Å². The van der Waals surface area contributed by atoms with Crippen LogP contribution in [0.4, 0.5) is 5.69 Å². The lowest BCUT2D eigenvalue weighted by Crippen LogP contribution is -2.09. The summed E-state index contributed by atoms with van der Waals surface area (Å²) in [6, 6.07) is 11.5. The van der Waals surface area contributed by atoms with Crippen LogP contribution in [0.25, 0.3) is 11.0 Å². The zero-order valence-electron chi connectivity index (χ0n) is 12.4. The molecule has 0 atom stereocenters. The van der Waals surface area contributed by atoms with Crippen LogP contribution in [0.15, 0.2) is 42.6 Å². The highest BCUT2D eigenvalue weighted by molar-refractivity contribution is 5.99. The normalized spacial score (nSPS) is 10.8. The van der Waals surface area contributed by atoms with Crippen molar-refractivity contribution in [3.8, 4) is 0 Å². The van der Waals surface area contributed by atoms with E-state index < -0.39 is 5.97 Å². The predicted octanol–water partition coefficient (Wildman–Crippen LogP) is 2.24. The second-order valence-corrected chi connectivity index (χ2v) is 5.25. The molecule has 0 fully saturated rings. The molecule has 6 heteroatoms. The Kier molecular flexibility index (Phi) is 3.50. The number of hydrogen-bond donors (Lipinski definition) is 1. The van der Waals surface area contributed by atoms with E-state index in [1.165, 1.54) is 0 Å². The van der Waals surface area contributed by atoms with Gasteiger partial charge < -0.3 is 10.0 Å². The van der Waals surface area contributed by atoms with Crippen molar-refractivity contribution in [2.45, 2.75) is 6.54 Å². The van der Waals surface area contributed by atoms with Gasteiger partial charge in [-0.3, -0.25) is 0 Å². The van der Waals surface area contributed by atoms with E-state index in [-0.39, 0.29) is 5.69 Å². The van der Waals surface area contributed by atoms with Gasteiger partial charge in [0.25, 0.3) is 0 Å². The summed E-state index contributed by atoms with van der Waals surface area (Å²) in [6.07, 6.45) is 1.64. The molecule has 3 aromatic rings. The van der Waals surface area contributed by atoms with Gasteiger partial charge in [-0.15, -0.1) is 0 Å². The summed E-state index contributed by atoms with van der Waals surface area (Å²) in [5.41, 5.74) is 2.76. The minimum absolute atomic E-state index is 0.0352. The summed E-state index contributed by atoms with van der Waals surface area (Å²) in [4.78, 5) is 17.6. The lowest BCUT2D eigenvalue weighted by atomic mass is 10.2. The quantitative estimate of drug-likeness (QED) is 0.799. The third-order valence-corrected chi connectivity index (χ3v) is 3.49. The molecule has 0 saturated carbocycles. The Hall–Kier alpha value is -2.89. The van der Waals surface area contributed by atoms with Crippen molar-refractivity contribution in [1.29, 1.82) is 0 Å². The van der Waals surface area contributed by atoms with Crippen LogP contribution in [-0.4, -0.2) is 39.9 Å². The lowest BCUT2D eigenvalue weighted by Gasteiger charge is -2.12. The fourth-order valence-corrected chi connectivity index (χ4v) is 2.35. The van der Waals surface area contributed by atoms with Crippen LogP contribution in [0.5, 0.6) is 0 Å². The molecular formula is C16H16N4O2. The van der Waals surface area contributed by atoms with E-state index in [9.17, 15) is 9.90 Å². The van der Waals surface area contributed by atoms with Crippen molar-refractivity contribution in [1.82, 2.24) is 14.8 Å². The maximum atomic E-state index is 11.3. The molecule has 3 rings (SSSR count). The molecule has 1 N–H and O–H groups in total. The Bertz CT molecular complexity index is 822. The number of carbonyl (C=O) groups is 1. The number of carboxylic acid groups (broad SMARTS) is 1. The number of fused-ring (bicyclic) bond motifs is 1. The third kappa shape index (κ3) is 2.50. The number of hydrogen-bond acceptors (Lipinski definition) is 4.